The topological polar surface area (TPSA) is 9.23 Å². The molecule has 0 unspecified atom stereocenters. The van der Waals surface area contributed by atoms with Crippen LogP contribution in [0.5, 0.6) is 5.75 Å². The van der Waals surface area contributed by atoms with E-state index in [1.807, 2.05) is 12.1 Å². The van der Waals surface area contributed by atoms with E-state index in [9.17, 15) is 0 Å². The van der Waals surface area contributed by atoms with E-state index in [4.69, 9.17) is 4.74 Å². The Morgan fingerprint density at radius 1 is 1.00 bits per heavy atom. The van der Waals surface area contributed by atoms with E-state index < -0.39 is 0 Å². The van der Waals surface area contributed by atoms with Crippen molar-refractivity contribution in [3.05, 3.63) is 48.1 Å². The molecule has 0 aliphatic heterocycles. The highest BCUT2D eigenvalue weighted by Gasteiger charge is 1.89. The molecule has 0 saturated carbocycles. The number of halogens is 1. The average Bonchev–Trinajstić information content (AvgIpc) is 2.38. The molecule has 0 N–H and O–H groups in total. The fraction of sp³-hybridized carbons (Fsp3) is 0.333. The Bertz CT molecular complexity index is 352. The van der Waals surface area contributed by atoms with Crippen LogP contribution < -0.4 is 4.74 Å². The lowest BCUT2D eigenvalue weighted by atomic mass is 10.2. The van der Waals surface area contributed by atoms with Crippen LogP contribution in [0.2, 0.25) is 0 Å². The number of rotatable bonds is 7. The maximum absolute atomic E-state index is 5.12. The Morgan fingerprint density at radius 3 is 2.29 bits per heavy atom. The van der Waals surface area contributed by atoms with Crippen LogP contribution >= 0.6 is 22.6 Å². The quantitative estimate of drug-likeness (QED) is 0.297. The van der Waals surface area contributed by atoms with Crippen molar-refractivity contribution < 1.29 is 4.74 Å². The second-order valence-electron chi connectivity index (χ2n) is 3.70. The minimum Gasteiger partial charge on any atom is -0.497 e. The second-order valence-corrected chi connectivity index (χ2v) is 4.78. The minimum atomic E-state index is 0.906. The maximum Gasteiger partial charge on any atom is 0.118 e. The number of alkyl halides is 1. The van der Waals surface area contributed by atoms with Gasteiger partial charge in [-0.25, -0.2) is 0 Å². The second kappa shape index (κ2) is 9.28. The molecule has 0 bridgehead atoms. The molecule has 1 aromatic carbocycles. The minimum absolute atomic E-state index is 0.906. The lowest BCUT2D eigenvalue weighted by Gasteiger charge is -1.98. The van der Waals surface area contributed by atoms with E-state index in [2.05, 4.69) is 59.0 Å². The molecule has 2 heteroatoms. The summed E-state index contributed by atoms with van der Waals surface area (Å²) in [4.78, 5) is 0. The van der Waals surface area contributed by atoms with Gasteiger partial charge in [0.1, 0.15) is 5.75 Å². The third-order valence-corrected chi connectivity index (χ3v) is 2.99. The van der Waals surface area contributed by atoms with E-state index >= 15 is 0 Å². The zero-order valence-electron chi connectivity index (χ0n) is 10.2. The van der Waals surface area contributed by atoms with Crippen molar-refractivity contribution >= 4 is 28.7 Å². The van der Waals surface area contributed by atoms with E-state index in [0.29, 0.717) is 0 Å². The fourth-order valence-corrected chi connectivity index (χ4v) is 1.79. The normalized spacial score (nSPS) is 11.4. The van der Waals surface area contributed by atoms with Crippen molar-refractivity contribution in [2.24, 2.45) is 0 Å². The summed E-state index contributed by atoms with van der Waals surface area (Å²) in [7, 11) is 1.69. The Kier molecular flexibility index (Phi) is 7.80. The zero-order valence-corrected chi connectivity index (χ0v) is 12.4. The summed E-state index contributed by atoms with van der Waals surface area (Å²) < 4.78 is 6.32. The third-order valence-electron chi connectivity index (χ3n) is 2.37. The standard InChI is InChI=1S/C15H19IO/c1-17-15-11-9-14(10-12-15)8-6-4-2-3-5-7-13-16/h3,5-6,8-12H,2,4,7,13H2,1H3. The van der Waals surface area contributed by atoms with Crippen molar-refractivity contribution in [3.8, 4) is 5.75 Å². The summed E-state index contributed by atoms with van der Waals surface area (Å²) in [5.41, 5.74) is 1.22. The largest absolute Gasteiger partial charge is 0.497 e. The molecule has 92 valence electrons. The summed E-state index contributed by atoms with van der Waals surface area (Å²) in [5, 5.41) is 0. The number of benzene rings is 1. The van der Waals surface area contributed by atoms with Crippen molar-refractivity contribution in [2.45, 2.75) is 19.3 Å². The van der Waals surface area contributed by atoms with E-state index in [0.717, 1.165) is 18.6 Å². The molecule has 0 spiro atoms. The molecule has 0 saturated heterocycles. The molecule has 1 nitrogen and oxygen atoms in total. The Balaban J connectivity index is 2.28. The average molecular weight is 342 g/mol. The Morgan fingerprint density at radius 2 is 1.65 bits per heavy atom. The van der Waals surface area contributed by atoms with Gasteiger partial charge in [-0.05, 0) is 37.0 Å². The van der Waals surface area contributed by atoms with E-state index in [1.54, 1.807) is 7.11 Å². The highest BCUT2D eigenvalue weighted by molar-refractivity contribution is 14.1. The summed E-state index contributed by atoms with van der Waals surface area (Å²) in [6, 6.07) is 8.11. The number of hydrogen-bond acceptors (Lipinski definition) is 1. The van der Waals surface area contributed by atoms with Crippen LogP contribution in [0.4, 0.5) is 0 Å². The molecule has 17 heavy (non-hydrogen) atoms. The molecule has 1 rings (SSSR count). The molecule has 0 atom stereocenters. The van der Waals surface area contributed by atoms with Crippen LogP contribution in [0.1, 0.15) is 24.8 Å². The molecular formula is C15H19IO. The SMILES string of the molecule is COc1ccc(C=CCCC=CCCI)cc1. The summed E-state index contributed by atoms with van der Waals surface area (Å²) >= 11 is 2.39. The summed E-state index contributed by atoms with van der Waals surface area (Å²) in [6.07, 6.45) is 12.3. The molecule has 0 aliphatic carbocycles. The molecule has 0 heterocycles. The fourth-order valence-electron chi connectivity index (χ4n) is 1.43. The number of hydrogen-bond donors (Lipinski definition) is 0. The third kappa shape index (κ3) is 6.51. The van der Waals surface area contributed by atoms with Crippen LogP contribution in [0.3, 0.4) is 0 Å². The Labute approximate surface area is 118 Å². The van der Waals surface area contributed by atoms with Crippen LogP contribution in [-0.4, -0.2) is 11.5 Å². The number of ether oxygens (including phenoxy) is 1. The Hall–Kier alpha value is -0.770. The van der Waals surface area contributed by atoms with Gasteiger partial charge in [-0.3, -0.25) is 0 Å². The van der Waals surface area contributed by atoms with E-state index in [-0.39, 0.29) is 0 Å². The van der Waals surface area contributed by atoms with Gasteiger partial charge < -0.3 is 4.74 Å². The van der Waals surface area contributed by atoms with Gasteiger partial charge >= 0.3 is 0 Å². The monoisotopic (exact) mass is 342 g/mol. The lowest BCUT2D eigenvalue weighted by Crippen LogP contribution is -1.81. The van der Waals surface area contributed by atoms with Crippen LogP contribution in [0, 0.1) is 0 Å². The zero-order chi connectivity index (χ0) is 12.3. The van der Waals surface area contributed by atoms with Gasteiger partial charge in [-0.15, -0.1) is 0 Å². The number of unbranched alkanes of at least 4 members (excludes halogenated alkanes) is 1. The first-order valence-electron chi connectivity index (χ1n) is 5.88. The van der Waals surface area contributed by atoms with Gasteiger partial charge in [0.25, 0.3) is 0 Å². The number of allylic oxidation sites excluding steroid dienone is 3. The molecule has 0 amide bonds. The van der Waals surface area contributed by atoms with Crippen molar-refractivity contribution in [1.29, 1.82) is 0 Å². The first kappa shape index (κ1) is 14.3. The van der Waals surface area contributed by atoms with Gasteiger partial charge in [-0.1, -0.05) is 59.0 Å². The first-order chi connectivity index (χ1) is 8.36. The van der Waals surface area contributed by atoms with Gasteiger partial charge in [0.2, 0.25) is 0 Å². The van der Waals surface area contributed by atoms with Crippen molar-refractivity contribution in [1.82, 2.24) is 0 Å². The molecule has 1 aromatic rings. The maximum atomic E-state index is 5.12. The molecular weight excluding hydrogens is 323 g/mol. The summed E-state index contributed by atoms with van der Waals surface area (Å²) in [6.45, 7) is 0. The highest BCUT2D eigenvalue weighted by atomic mass is 127. The molecule has 0 radical (unpaired) electrons. The lowest BCUT2D eigenvalue weighted by molar-refractivity contribution is 0.415. The molecule has 0 aromatic heterocycles. The predicted molar refractivity (Wildman–Crippen MR) is 83.9 cm³/mol. The molecule has 0 aliphatic rings. The summed E-state index contributed by atoms with van der Waals surface area (Å²) in [5.74, 6) is 0.906. The van der Waals surface area contributed by atoms with Crippen LogP contribution in [-0.2, 0) is 0 Å². The van der Waals surface area contributed by atoms with Crippen LogP contribution in [0.15, 0.2) is 42.5 Å². The molecule has 0 fully saturated rings. The van der Waals surface area contributed by atoms with Crippen molar-refractivity contribution in [3.63, 3.8) is 0 Å². The van der Waals surface area contributed by atoms with E-state index in [1.165, 1.54) is 16.4 Å². The van der Waals surface area contributed by atoms with Gasteiger partial charge in [0.05, 0.1) is 7.11 Å². The van der Waals surface area contributed by atoms with Crippen LogP contribution in [0.25, 0.3) is 6.08 Å². The predicted octanol–water partition coefficient (Wildman–Crippen LogP) is 4.87. The van der Waals surface area contributed by atoms with Gasteiger partial charge in [-0.2, -0.15) is 0 Å². The first-order valence-corrected chi connectivity index (χ1v) is 7.41. The number of methoxy groups -OCH3 is 1. The van der Waals surface area contributed by atoms with Crippen molar-refractivity contribution in [2.75, 3.05) is 11.5 Å². The van der Waals surface area contributed by atoms with Gasteiger partial charge in [0, 0.05) is 4.43 Å². The van der Waals surface area contributed by atoms with Gasteiger partial charge in [0.15, 0.2) is 0 Å². The highest BCUT2D eigenvalue weighted by Crippen LogP contribution is 2.12. The smallest absolute Gasteiger partial charge is 0.118 e.